The van der Waals surface area contributed by atoms with Gasteiger partial charge in [-0.15, -0.1) is 0 Å². The number of fused-ring (bicyclic) bond motifs is 1. The van der Waals surface area contributed by atoms with Crippen LogP contribution in [0.25, 0.3) is 40.0 Å². The molecule has 2 N–H and O–H groups in total. The Kier molecular flexibility index (Phi) is 7.10. The number of halogens is 2. The number of oxazole rings is 1. The highest BCUT2D eigenvalue weighted by molar-refractivity contribution is 7.80. The van der Waals surface area contributed by atoms with Gasteiger partial charge in [-0.2, -0.15) is 0 Å². The normalized spacial score (nSPS) is 11.2. The van der Waals surface area contributed by atoms with Gasteiger partial charge in [0.2, 0.25) is 11.8 Å². The average Bonchev–Trinajstić information content (AvgIpc) is 3.50. The molecule has 184 valence electrons. The summed E-state index contributed by atoms with van der Waals surface area (Å²) in [7, 11) is 0. The topological polar surface area (TPSA) is 80.3 Å². The minimum atomic E-state index is -0.404. The SMILES string of the molecule is Cc1ccc2nc(-c3ccc(NC(=S)NC(=O)/C=C/c4ccc(-c5ccc(Cl)cc5Cl)o4)cc3)oc2c1. The number of rotatable bonds is 5. The number of nitrogens with one attached hydrogen (secondary N) is 2. The van der Waals surface area contributed by atoms with Gasteiger partial charge >= 0.3 is 0 Å². The first-order chi connectivity index (χ1) is 17.8. The minimum Gasteiger partial charge on any atom is -0.457 e. The van der Waals surface area contributed by atoms with Crippen molar-refractivity contribution >= 4 is 69.3 Å². The molecule has 9 heteroatoms. The summed E-state index contributed by atoms with van der Waals surface area (Å²) in [6.07, 6.45) is 2.88. The van der Waals surface area contributed by atoms with Gasteiger partial charge in [-0.25, -0.2) is 4.98 Å². The maximum absolute atomic E-state index is 12.3. The second kappa shape index (κ2) is 10.6. The third-order valence-corrected chi connectivity index (χ3v) is 6.14. The predicted octanol–water partition coefficient (Wildman–Crippen LogP) is 7.90. The summed E-state index contributed by atoms with van der Waals surface area (Å²) in [6.45, 7) is 2.01. The van der Waals surface area contributed by atoms with Crippen LogP contribution in [-0.4, -0.2) is 16.0 Å². The van der Waals surface area contributed by atoms with Crippen LogP contribution in [-0.2, 0) is 4.79 Å². The van der Waals surface area contributed by atoms with Crippen LogP contribution in [0.2, 0.25) is 10.0 Å². The van der Waals surface area contributed by atoms with Crippen molar-refractivity contribution in [2.24, 2.45) is 0 Å². The number of thiocarbonyl (C=S) groups is 1. The fourth-order valence-electron chi connectivity index (χ4n) is 3.60. The minimum absolute atomic E-state index is 0.160. The van der Waals surface area contributed by atoms with E-state index in [9.17, 15) is 4.79 Å². The fourth-order valence-corrected chi connectivity index (χ4v) is 4.32. The molecule has 0 fully saturated rings. The molecule has 6 nitrogen and oxygen atoms in total. The van der Waals surface area contributed by atoms with Crippen LogP contribution in [0.1, 0.15) is 11.3 Å². The zero-order valence-corrected chi connectivity index (χ0v) is 21.7. The number of hydrogen-bond acceptors (Lipinski definition) is 5. The molecular formula is C28H19Cl2N3O3S. The predicted molar refractivity (Wildman–Crippen MR) is 152 cm³/mol. The highest BCUT2D eigenvalue weighted by Crippen LogP contribution is 2.32. The smallest absolute Gasteiger partial charge is 0.250 e. The van der Waals surface area contributed by atoms with Crippen molar-refractivity contribution in [2.75, 3.05) is 5.32 Å². The summed E-state index contributed by atoms with van der Waals surface area (Å²) in [4.78, 5) is 16.8. The van der Waals surface area contributed by atoms with Gasteiger partial charge in [-0.05, 0) is 97.5 Å². The van der Waals surface area contributed by atoms with E-state index in [1.165, 1.54) is 6.08 Å². The number of aryl methyl sites for hydroxylation is 1. The molecule has 0 saturated carbocycles. The molecule has 5 rings (SSSR count). The van der Waals surface area contributed by atoms with E-state index in [-0.39, 0.29) is 5.11 Å². The van der Waals surface area contributed by atoms with Gasteiger partial charge in [0.05, 0.1) is 5.02 Å². The van der Waals surface area contributed by atoms with Crippen molar-refractivity contribution in [1.82, 2.24) is 10.3 Å². The first kappa shape index (κ1) is 24.8. The van der Waals surface area contributed by atoms with Crippen molar-refractivity contribution in [3.63, 3.8) is 0 Å². The van der Waals surface area contributed by atoms with Crippen LogP contribution in [0.15, 0.2) is 87.7 Å². The fraction of sp³-hybridized carbons (Fsp3) is 0.0357. The molecule has 0 atom stereocenters. The largest absolute Gasteiger partial charge is 0.457 e. The molecule has 0 bridgehead atoms. The quantitative estimate of drug-likeness (QED) is 0.172. The van der Waals surface area contributed by atoms with Crippen LogP contribution in [0.3, 0.4) is 0 Å². The zero-order valence-electron chi connectivity index (χ0n) is 19.4. The maximum atomic E-state index is 12.3. The van der Waals surface area contributed by atoms with Gasteiger partial charge in [0.1, 0.15) is 17.0 Å². The van der Waals surface area contributed by atoms with E-state index in [1.54, 1.807) is 36.4 Å². The number of anilines is 1. The third-order valence-electron chi connectivity index (χ3n) is 5.39. The summed E-state index contributed by atoms with van der Waals surface area (Å²) in [5.74, 6) is 1.18. The zero-order chi connectivity index (χ0) is 25.9. The number of hydrogen-bond donors (Lipinski definition) is 2. The van der Waals surface area contributed by atoms with Gasteiger partial charge in [-0.3, -0.25) is 10.1 Å². The molecule has 2 heterocycles. The second-order valence-corrected chi connectivity index (χ2v) is 9.42. The number of carbonyl (C=O) groups excluding carboxylic acids is 1. The lowest BCUT2D eigenvalue weighted by Gasteiger charge is -2.08. The van der Waals surface area contributed by atoms with Crippen LogP contribution in [0.4, 0.5) is 5.69 Å². The summed E-state index contributed by atoms with van der Waals surface area (Å²) < 4.78 is 11.6. The van der Waals surface area contributed by atoms with Crippen LogP contribution >= 0.6 is 35.4 Å². The Bertz CT molecular complexity index is 1660. The van der Waals surface area contributed by atoms with E-state index in [0.717, 1.165) is 22.2 Å². The van der Waals surface area contributed by atoms with Crippen LogP contribution in [0.5, 0.6) is 0 Å². The molecule has 1 amide bonds. The van der Waals surface area contributed by atoms with Gasteiger partial charge in [0.25, 0.3) is 0 Å². The molecule has 0 saturated heterocycles. The first-order valence-electron chi connectivity index (χ1n) is 11.2. The Balaban J connectivity index is 1.17. The lowest BCUT2D eigenvalue weighted by Crippen LogP contribution is -2.32. The average molecular weight is 548 g/mol. The molecule has 0 radical (unpaired) electrons. The summed E-state index contributed by atoms with van der Waals surface area (Å²) in [5, 5.41) is 6.77. The summed E-state index contributed by atoms with van der Waals surface area (Å²) in [5.41, 5.74) is 4.90. The number of carbonyl (C=O) groups is 1. The van der Waals surface area contributed by atoms with Gasteiger partial charge in [0, 0.05) is 27.9 Å². The molecular weight excluding hydrogens is 529 g/mol. The van der Waals surface area contributed by atoms with Crippen LogP contribution < -0.4 is 10.6 Å². The van der Waals surface area contributed by atoms with Crippen molar-refractivity contribution in [3.8, 4) is 22.8 Å². The molecule has 5 aromatic rings. The number of aromatic nitrogens is 1. The van der Waals surface area contributed by atoms with Gasteiger partial charge in [-0.1, -0.05) is 29.3 Å². The Morgan fingerprint density at radius 3 is 2.57 bits per heavy atom. The van der Waals surface area contributed by atoms with Crippen molar-refractivity contribution in [2.45, 2.75) is 6.92 Å². The standard InChI is InChI=1S/C28H19Cl2N3O3S/c1-16-2-11-23-25(14-16)36-27(32-23)17-3-6-19(7-4-17)31-28(37)33-26(34)13-9-20-8-12-24(35-20)21-10-5-18(29)15-22(21)30/h2-15H,1H3,(H2,31,33,34,37)/b13-9+. The van der Waals surface area contributed by atoms with Crippen LogP contribution in [0, 0.1) is 6.92 Å². The lowest BCUT2D eigenvalue weighted by atomic mass is 10.2. The third kappa shape index (κ3) is 5.91. The summed E-state index contributed by atoms with van der Waals surface area (Å²) >= 11 is 17.4. The molecule has 0 aliphatic carbocycles. The number of nitrogens with zero attached hydrogens (tertiary/aromatic N) is 1. The first-order valence-corrected chi connectivity index (χ1v) is 12.3. The second-order valence-electron chi connectivity index (χ2n) is 8.17. The molecule has 0 aliphatic heterocycles. The molecule has 0 unspecified atom stereocenters. The molecule has 0 spiro atoms. The summed E-state index contributed by atoms with van der Waals surface area (Å²) in [6, 6.07) is 21.9. The van der Waals surface area contributed by atoms with Crippen molar-refractivity contribution < 1.29 is 13.6 Å². The van der Waals surface area contributed by atoms with Crippen molar-refractivity contribution in [3.05, 3.63) is 100 Å². The van der Waals surface area contributed by atoms with Gasteiger partial charge in [0.15, 0.2) is 10.7 Å². The maximum Gasteiger partial charge on any atom is 0.250 e. The number of benzene rings is 3. The molecule has 0 aliphatic rings. The molecule has 3 aromatic carbocycles. The number of amides is 1. The van der Waals surface area contributed by atoms with E-state index in [1.807, 2.05) is 49.4 Å². The molecule has 37 heavy (non-hydrogen) atoms. The van der Waals surface area contributed by atoms with Gasteiger partial charge < -0.3 is 14.2 Å². The van der Waals surface area contributed by atoms with E-state index >= 15 is 0 Å². The number of furan rings is 1. The monoisotopic (exact) mass is 547 g/mol. The Morgan fingerprint density at radius 1 is 0.973 bits per heavy atom. The Hall–Kier alpha value is -3.91. The molecule has 2 aromatic heterocycles. The van der Waals surface area contributed by atoms with Crippen molar-refractivity contribution in [1.29, 1.82) is 0 Å². The highest BCUT2D eigenvalue weighted by Gasteiger charge is 2.10. The van der Waals surface area contributed by atoms with E-state index in [0.29, 0.717) is 38.7 Å². The Morgan fingerprint density at radius 2 is 1.78 bits per heavy atom. The lowest BCUT2D eigenvalue weighted by molar-refractivity contribution is -0.115. The van der Waals surface area contributed by atoms with E-state index in [2.05, 4.69) is 15.6 Å². The van der Waals surface area contributed by atoms with E-state index < -0.39 is 5.91 Å². The van der Waals surface area contributed by atoms with E-state index in [4.69, 9.17) is 44.3 Å². The Labute approximate surface area is 227 Å². The highest BCUT2D eigenvalue weighted by atomic mass is 35.5.